The molecule has 3 heterocycles. The molecule has 1 saturated heterocycles. The lowest BCUT2D eigenvalue weighted by atomic mass is 10.1. The lowest BCUT2D eigenvalue weighted by Gasteiger charge is -2.35. The highest BCUT2D eigenvalue weighted by molar-refractivity contribution is 7.90. The molecule has 0 spiro atoms. The molecule has 4 aromatic rings. The molecule has 0 atom stereocenters. The molecular formula is C27H29FN4O2S. The molecule has 0 radical (unpaired) electrons. The Bertz CT molecular complexity index is 1350. The van der Waals surface area contributed by atoms with Gasteiger partial charge in [-0.1, -0.05) is 48.5 Å². The van der Waals surface area contributed by atoms with Crippen molar-refractivity contribution in [3.05, 3.63) is 109 Å². The second kappa shape index (κ2) is 11.3. The number of rotatable bonds is 6. The molecule has 2 aromatic carbocycles. The van der Waals surface area contributed by atoms with E-state index in [1.165, 1.54) is 22.2 Å². The van der Waals surface area contributed by atoms with E-state index in [-0.39, 0.29) is 11.6 Å². The van der Waals surface area contributed by atoms with E-state index in [1.54, 1.807) is 24.4 Å². The summed E-state index contributed by atoms with van der Waals surface area (Å²) in [5.74, 6) is 0.755. The van der Waals surface area contributed by atoms with Gasteiger partial charge in [0.15, 0.2) is 0 Å². The van der Waals surface area contributed by atoms with Gasteiger partial charge in [-0.2, -0.15) is 0 Å². The van der Waals surface area contributed by atoms with Crippen LogP contribution in [0.2, 0.25) is 0 Å². The number of aromatic nitrogens is 2. The van der Waals surface area contributed by atoms with Crippen LogP contribution in [0.4, 0.5) is 10.2 Å². The van der Waals surface area contributed by atoms with Gasteiger partial charge in [0.25, 0.3) is 0 Å². The number of para-hydroxylation sites is 1. The van der Waals surface area contributed by atoms with E-state index in [1.807, 2.05) is 48.7 Å². The fourth-order valence-electron chi connectivity index (χ4n) is 4.13. The van der Waals surface area contributed by atoms with Crippen LogP contribution in [-0.4, -0.2) is 54.2 Å². The predicted octanol–water partition coefficient (Wildman–Crippen LogP) is 4.55. The molecule has 2 aromatic heterocycles. The number of pyridine rings is 1. The Kier molecular flexibility index (Phi) is 7.94. The summed E-state index contributed by atoms with van der Waals surface area (Å²) >= 11 is 0. The molecule has 1 aliphatic rings. The fourth-order valence-corrected chi connectivity index (χ4v) is 5.34. The van der Waals surface area contributed by atoms with Gasteiger partial charge in [0.2, 0.25) is 10.0 Å². The standard InChI is InChI=1S/C21H24N4O2S.C6H5F/c1-2-15-28(26,27)25-17-18(19-7-3-4-8-20(19)25)16-23-11-13-24(14-12-23)21-9-5-6-10-22-21;7-6-4-2-1-3-5-6/h2-10,17H,1,11-16H2;1-5H. The molecule has 0 unspecified atom stereocenters. The molecule has 8 heteroatoms. The molecule has 0 saturated carbocycles. The van der Waals surface area contributed by atoms with Crippen LogP contribution >= 0.6 is 0 Å². The highest BCUT2D eigenvalue weighted by Gasteiger charge is 2.22. The molecule has 35 heavy (non-hydrogen) atoms. The van der Waals surface area contributed by atoms with E-state index in [0.717, 1.165) is 55.0 Å². The summed E-state index contributed by atoms with van der Waals surface area (Å²) in [5, 5.41) is 0.988. The van der Waals surface area contributed by atoms with Gasteiger partial charge in [-0.05, 0) is 35.9 Å². The molecule has 182 valence electrons. The SMILES string of the molecule is C=CCS(=O)(=O)n1cc(CN2CCN(c3ccccn3)CC2)c2ccccc21.Fc1ccccc1. The van der Waals surface area contributed by atoms with Gasteiger partial charge >= 0.3 is 0 Å². The van der Waals surface area contributed by atoms with Gasteiger partial charge in [0.1, 0.15) is 11.6 Å². The van der Waals surface area contributed by atoms with Gasteiger partial charge in [-0.25, -0.2) is 21.8 Å². The van der Waals surface area contributed by atoms with Crippen LogP contribution in [0.5, 0.6) is 0 Å². The second-order valence-corrected chi connectivity index (χ2v) is 10.2. The predicted molar refractivity (Wildman–Crippen MR) is 139 cm³/mol. The lowest BCUT2D eigenvalue weighted by Crippen LogP contribution is -2.46. The maximum absolute atomic E-state index is 12.6. The highest BCUT2D eigenvalue weighted by atomic mass is 32.2. The fraction of sp³-hybridized carbons (Fsp3) is 0.222. The van der Waals surface area contributed by atoms with E-state index in [4.69, 9.17) is 0 Å². The van der Waals surface area contributed by atoms with E-state index in [9.17, 15) is 12.8 Å². The molecule has 6 nitrogen and oxygen atoms in total. The Hall–Kier alpha value is -3.49. The number of nitrogens with zero attached hydrogens (tertiary/aromatic N) is 4. The normalized spacial score (nSPS) is 14.4. The van der Waals surface area contributed by atoms with Crippen LogP contribution in [0.3, 0.4) is 0 Å². The largest absolute Gasteiger partial charge is 0.354 e. The van der Waals surface area contributed by atoms with Crippen LogP contribution in [-0.2, 0) is 16.6 Å². The lowest BCUT2D eigenvalue weighted by molar-refractivity contribution is 0.250. The van der Waals surface area contributed by atoms with E-state index < -0.39 is 10.0 Å². The topological polar surface area (TPSA) is 58.4 Å². The molecule has 1 aliphatic heterocycles. The third-order valence-electron chi connectivity index (χ3n) is 5.86. The average Bonchev–Trinajstić information content (AvgIpc) is 3.25. The first-order valence-electron chi connectivity index (χ1n) is 11.5. The molecule has 5 rings (SSSR count). The third kappa shape index (κ3) is 6.15. The van der Waals surface area contributed by atoms with Gasteiger partial charge < -0.3 is 4.90 Å². The van der Waals surface area contributed by atoms with Crippen molar-refractivity contribution in [2.45, 2.75) is 6.54 Å². The summed E-state index contributed by atoms with van der Waals surface area (Å²) < 4.78 is 38.5. The molecular weight excluding hydrogens is 463 g/mol. The van der Waals surface area contributed by atoms with Crippen molar-refractivity contribution >= 4 is 26.7 Å². The van der Waals surface area contributed by atoms with Crippen LogP contribution in [0, 0.1) is 5.82 Å². The number of halogens is 1. The summed E-state index contributed by atoms with van der Waals surface area (Å²) in [5.41, 5.74) is 1.76. The summed E-state index contributed by atoms with van der Waals surface area (Å²) in [6.45, 7) is 7.94. The highest BCUT2D eigenvalue weighted by Crippen LogP contribution is 2.25. The summed E-state index contributed by atoms with van der Waals surface area (Å²) in [7, 11) is -3.44. The van der Waals surface area contributed by atoms with Crippen molar-refractivity contribution in [3.63, 3.8) is 0 Å². The molecule has 1 fully saturated rings. The minimum Gasteiger partial charge on any atom is -0.354 e. The molecule has 0 N–H and O–H groups in total. The van der Waals surface area contributed by atoms with Crippen molar-refractivity contribution < 1.29 is 12.8 Å². The first-order valence-corrected chi connectivity index (χ1v) is 13.1. The van der Waals surface area contributed by atoms with Gasteiger partial charge in [0, 0.05) is 50.5 Å². The van der Waals surface area contributed by atoms with E-state index in [0.29, 0.717) is 0 Å². The van der Waals surface area contributed by atoms with Crippen LogP contribution in [0.25, 0.3) is 10.9 Å². The zero-order valence-corrected chi connectivity index (χ0v) is 20.3. The minimum atomic E-state index is -3.44. The van der Waals surface area contributed by atoms with Crippen LogP contribution < -0.4 is 4.90 Å². The Morgan fingerprint density at radius 2 is 1.60 bits per heavy atom. The van der Waals surface area contributed by atoms with Gasteiger partial charge in [-0.15, -0.1) is 6.58 Å². The van der Waals surface area contributed by atoms with Crippen molar-refractivity contribution in [2.75, 3.05) is 36.8 Å². The molecule has 0 amide bonds. The molecule has 0 aliphatic carbocycles. The first-order chi connectivity index (χ1) is 17.0. The summed E-state index contributed by atoms with van der Waals surface area (Å²) in [6, 6.07) is 21.6. The Morgan fingerprint density at radius 3 is 2.23 bits per heavy atom. The summed E-state index contributed by atoms with van der Waals surface area (Å²) in [6.07, 6.45) is 5.02. The Labute approximate surface area is 206 Å². The number of hydrogen-bond acceptors (Lipinski definition) is 5. The smallest absolute Gasteiger partial charge is 0.242 e. The molecule has 0 bridgehead atoms. The second-order valence-electron chi connectivity index (χ2n) is 8.28. The minimum absolute atomic E-state index is 0.0755. The number of anilines is 1. The van der Waals surface area contributed by atoms with Crippen LogP contribution in [0.15, 0.2) is 97.8 Å². The maximum Gasteiger partial charge on any atom is 0.242 e. The Balaban J connectivity index is 0.000000356. The van der Waals surface area contributed by atoms with Gasteiger partial charge in [0.05, 0.1) is 11.3 Å². The number of piperazine rings is 1. The van der Waals surface area contributed by atoms with E-state index in [2.05, 4.69) is 21.4 Å². The number of benzene rings is 2. The van der Waals surface area contributed by atoms with Crippen molar-refractivity contribution in [2.24, 2.45) is 0 Å². The van der Waals surface area contributed by atoms with E-state index >= 15 is 0 Å². The number of hydrogen-bond donors (Lipinski definition) is 0. The average molecular weight is 493 g/mol. The monoisotopic (exact) mass is 492 g/mol. The number of fused-ring (bicyclic) bond motifs is 1. The first kappa shape index (κ1) is 24.6. The maximum atomic E-state index is 12.6. The van der Waals surface area contributed by atoms with Gasteiger partial charge in [-0.3, -0.25) is 4.90 Å². The quantitative estimate of drug-likeness (QED) is 0.370. The van der Waals surface area contributed by atoms with Crippen molar-refractivity contribution in [1.29, 1.82) is 0 Å². The Morgan fingerprint density at radius 1 is 0.914 bits per heavy atom. The van der Waals surface area contributed by atoms with Crippen LogP contribution in [0.1, 0.15) is 5.56 Å². The van der Waals surface area contributed by atoms with Crippen molar-refractivity contribution in [3.8, 4) is 0 Å². The zero-order chi connectivity index (χ0) is 24.7. The summed E-state index contributed by atoms with van der Waals surface area (Å²) in [4.78, 5) is 9.08. The van der Waals surface area contributed by atoms with Crippen molar-refractivity contribution in [1.82, 2.24) is 13.9 Å². The third-order valence-corrected chi connectivity index (χ3v) is 7.42. The zero-order valence-electron chi connectivity index (χ0n) is 19.5.